The second-order valence-electron chi connectivity index (χ2n) is 4.30. The van der Waals surface area contributed by atoms with Crippen LogP contribution in [0.25, 0.3) is 11.1 Å². The van der Waals surface area contributed by atoms with E-state index in [1.807, 2.05) is 18.3 Å². The summed E-state index contributed by atoms with van der Waals surface area (Å²) in [7, 11) is 0. The Morgan fingerprint density at radius 3 is 3.00 bits per heavy atom. The highest BCUT2D eigenvalue weighted by atomic mass is 16.5. The van der Waals surface area contributed by atoms with Crippen LogP contribution >= 0.6 is 0 Å². The lowest BCUT2D eigenvalue weighted by Crippen LogP contribution is -2.11. The van der Waals surface area contributed by atoms with Gasteiger partial charge in [-0.3, -0.25) is 4.98 Å². The van der Waals surface area contributed by atoms with Gasteiger partial charge in [0.15, 0.2) is 0 Å². The van der Waals surface area contributed by atoms with E-state index in [1.54, 1.807) is 12.5 Å². The zero-order chi connectivity index (χ0) is 13.5. The normalized spacial score (nSPS) is 10.6. The van der Waals surface area contributed by atoms with Crippen molar-refractivity contribution in [3.05, 3.63) is 36.5 Å². The van der Waals surface area contributed by atoms with Gasteiger partial charge in [-0.05, 0) is 25.1 Å². The molecular weight excluding hydrogens is 240 g/mol. The number of aromatic nitrogens is 1. The quantitative estimate of drug-likeness (QED) is 0.830. The van der Waals surface area contributed by atoms with Crippen molar-refractivity contribution in [1.82, 2.24) is 10.3 Å². The lowest BCUT2D eigenvalue weighted by atomic mass is 10.1. The topological polar surface area (TPSA) is 47.3 Å². The van der Waals surface area contributed by atoms with Gasteiger partial charge >= 0.3 is 0 Å². The maximum atomic E-state index is 5.61. The predicted octanol–water partition coefficient (Wildman–Crippen LogP) is 3.24. The minimum atomic E-state index is 0.709. The Hall–Kier alpha value is -1.81. The van der Waals surface area contributed by atoms with E-state index in [2.05, 4.69) is 24.1 Å². The summed E-state index contributed by atoms with van der Waals surface area (Å²) < 4.78 is 11.1. The average molecular weight is 260 g/mol. The van der Waals surface area contributed by atoms with Crippen LogP contribution in [0, 0.1) is 0 Å². The zero-order valence-electron chi connectivity index (χ0n) is 11.5. The number of furan rings is 1. The lowest BCUT2D eigenvalue weighted by Gasteiger charge is -2.07. The van der Waals surface area contributed by atoms with Gasteiger partial charge in [0.1, 0.15) is 11.5 Å². The molecule has 0 aliphatic carbocycles. The summed E-state index contributed by atoms with van der Waals surface area (Å²) in [5.74, 6) is 1.73. The standard InChI is InChI=1S/C15H20N2O2/c1-3-6-18-13-8-12(9-17-10-13)14-5-7-19-15(14)11-16-4-2/h5,7-10,16H,3-4,6,11H2,1-2H3. The first kappa shape index (κ1) is 13.6. The molecule has 2 aromatic rings. The van der Waals surface area contributed by atoms with Crippen LogP contribution in [0.2, 0.25) is 0 Å². The van der Waals surface area contributed by atoms with E-state index in [4.69, 9.17) is 9.15 Å². The van der Waals surface area contributed by atoms with Crippen LogP contribution in [0.15, 0.2) is 35.2 Å². The van der Waals surface area contributed by atoms with E-state index in [1.165, 1.54) is 0 Å². The van der Waals surface area contributed by atoms with Gasteiger partial charge in [-0.25, -0.2) is 0 Å². The van der Waals surface area contributed by atoms with Crippen molar-refractivity contribution in [3.63, 3.8) is 0 Å². The summed E-state index contributed by atoms with van der Waals surface area (Å²) >= 11 is 0. The van der Waals surface area contributed by atoms with Crippen molar-refractivity contribution < 1.29 is 9.15 Å². The minimum Gasteiger partial charge on any atom is -0.492 e. The lowest BCUT2D eigenvalue weighted by molar-refractivity contribution is 0.316. The monoisotopic (exact) mass is 260 g/mol. The summed E-state index contributed by atoms with van der Waals surface area (Å²) in [6, 6.07) is 3.97. The van der Waals surface area contributed by atoms with Crippen LogP contribution in [-0.2, 0) is 6.54 Å². The maximum Gasteiger partial charge on any atom is 0.138 e. The van der Waals surface area contributed by atoms with E-state index < -0.39 is 0 Å². The fourth-order valence-electron chi connectivity index (χ4n) is 1.84. The van der Waals surface area contributed by atoms with Gasteiger partial charge in [-0.2, -0.15) is 0 Å². The molecule has 0 amide bonds. The molecule has 2 aromatic heterocycles. The molecule has 0 aliphatic heterocycles. The molecule has 0 unspecified atom stereocenters. The van der Waals surface area contributed by atoms with E-state index in [9.17, 15) is 0 Å². The number of pyridine rings is 1. The van der Waals surface area contributed by atoms with Gasteiger partial charge in [0, 0.05) is 17.3 Å². The van der Waals surface area contributed by atoms with Gasteiger partial charge in [0.25, 0.3) is 0 Å². The predicted molar refractivity (Wildman–Crippen MR) is 75.1 cm³/mol. The van der Waals surface area contributed by atoms with E-state index in [0.717, 1.165) is 42.1 Å². The van der Waals surface area contributed by atoms with Crippen molar-refractivity contribution >= 4 is 0 Å². The van der Waals surface area contributed by atoms with Crippen molar-refractivity contribution in [2.24, 2.45) is 0 Å². The number of rotatable bonds is 7. The third kappa shape index (κ3) is 3.58. The molecule has 0 saturated carbocycles. The summed E-state index contributed by atoms with van der Waals surface area (Å²) in [5.41, 5.74) is 2.09. The highest BCUT2D eigenvalue weighted by molar-refractivity contribution is 5.65. The molecule has 102 valence electrons. The number of hydrogen-bond acceptors (Lipinski definition) is 4. The Kier molecular flexibility index (Phi) is 4.98. The van der Waals surface area contributed by atoms with Crippen molar-refractivity contribution in [2.75, 3.05) is 13.2 Å². The second kappa shape index (κ2) is 6.95. The van der Waals surface area contributed by atoms with Crippen LogP contribution in [0.1, 0.15) is 26.0 Å². The van der Waals surface area contributed by atoms with Crippen molar-refractivity contribution in [2.45, 2.75) is 26.8 Å². The molecule has 0 spiro atoms. The minimum absolute atomic E-state index is 0.709. The molecule has 2 heterocycles. The fourth-order valence-corrected chi connectivity index (χ4v) is 1.84. The number of nitrogens with zero attached hydrogens (tertiary/aromatic N) is 1. The summed E-state index contributed by atoms with van der Waals surface area (Å²) in [6.45, 7) is 6.50. The van der Waals surface area contributed by atoms with Gasteiger partial charge < -0.3 is 14.5 Å². The van der Waals surface area contributed by atoms with Crippen molar-refractivity contribution in [1.29, 1.82) is 0 Å². The number of ether oxygens (including phenoxy) is 1. The Bertz CT molecular complexity index is 508. The molecular formula is C15H20N2O2. The highest BCUT2D eigenvalue weighted by Crippen LogP contribution is 2.27. The molecule has 4 nitrogen and oxygen atoms in total. The molecule has 1 N–H and O–H groups in total. The molecule has 0 radical (unpaired) electrons. The Labute approximate surface area is 113 Å². The van der Waals surface area contributed by atoms with E-state index >= 15 is 0 Å². The Morgan fingerprint density at radius 2 is 2.21 bits per heavy atom. The van der Waals surface area contributed by atoms with Crippen LogP contribution in [0.3, 0.4) is 0 Å². The first-order chi connectivity index (χ1) is 9.35. The second-order valence-corrected chi connectivity index (χ2v) is 4.30. The van der Waals surface area contributed by atoms with E-state index in [-0.39, 0.29) is 0 Å². The highest BCUT2D eigenvalue weighted by Gasteiger charge is 2.09. The molecule has 0 aromatic carbocycles. The first-order valence-electron chi connectivity index (χ1n) is 6.70. The average Bonchev–Trinajstić information content (AvgIpc) is 2.91. The largest absolute Gasteiger partial charge is 0.492 e. The van der Waals surface area contributed by atoms with Gasteiger partial charge in [0.05, 0.1) is 25.6 Å². The number of nitrogens with one attached hydrogen (secondary N) is 1. The van der Waals surface area contributed by atoms with Crippen molar-refractivity contribution in [3.8, 4) is 16.9 Å². The Morgan fingerprint density at radius 1 is 1.32 bits per heavy atom. The van der Waals surface area contributed by atoms with Gasteiger partial charge in [0.2, 0.25) is 0 Å². The molecule has 2 rings (SSSR count). The summed E-state index contributed by atoms with van der Waals surface area (Å²) in [5, 5.41) is 3.26. The SMILES string of the molecule is CCCOc1cncc(-c2ccoc2CNCC)c1. The van der Waals surface area contributed by atoms with Gasteiger partial charge in [-0.1, -0.05) is 13.8 Å². The van der Waals surface area contributed by atoms with Crippen LogP contribution in [0.5, 0.6) is 5.75 Å². The summed E-state index contributed by atoms with van der Waals surface area (Å²) in [6.07, 6.45) is 6.27. The number of hydrogen-bond donors (Lipinski definition) is 1. The molecule has 0 bridgehead atoms. The third-order valence-electron chi connectivity index (χ3n) is 2.78. The molecule has 0 fully saturated rings. The maximum absolute atomic E-state index is 5.61. The van der Waals surface area contributed by atoms with E-state index in [0.29, 0.717) is 6.61 Å². The zero-order valence-corrected chi connectivity index (χ0v) is 11.5. The van der Waals surface area contributed by atoms with Crippen LogP contribution in [-0.4, -0.2) is 18.1 Å². The van der Waals surface area contributed by atoms with Gasteiger partial charge in [-0.15, -0.1) is 0 Å². The van der Waals surface area contributed by atoms with Crippen LogP contribution < -0.4 is 10.1 Å². The fraction of sp³-hybridized carbons (Fsp3) is 0.400. The Balaban J connectivity index is 2.18. The molecule has 4 heteroatoms. The molecule has 0 atom stereocenters. The molecule has 19 heavy (non-hydrogen) atoms. The third-order valence-corrected chi connectivity index (χ3v) is 2.78. The molecule has 0 aliphatic rings. The molecule has 0 saturated heterocycles. The smallest absolute Gasteiger partial charge is 0.138 e. The van der Waals surface area contributed by atoms with Crippen LogP contribution in [0.4, 0.5) is 0 Å². The first-order valence-corrected chi connectivity index (χ1v) is 6.70. The summed E-state index contributed by atoms with van der Waals surface area (Å²) in [4.78, 5) is 4.23.